The number of rotatable bonds is 4. The van der Waals surface area contributed by atoms with E-state index in [1.165, 1.54) is 39.4 Å². The highest BCUT2D eigenvalue weighted by molar-refractivity contribution is 7.15. The first-order valence-corrected chi connectivity index (χ1v) is 13.6. The number of amides is 2. The summed E-state index contributed by atoms with van der Waals surface area (Å²) in [5.74, 6) is 0.801. The Morgan fingerprint density at radius 1 is 1.03 bits per heavy atom. The number of thiophene rings is 1. The summed E-state index contributed by atoms with van der Waals surface area (Å²) in [6.45, 7) is 5.27. The molecule has 0 bridgehead atoms. The van der Waals surface area contributed by atoms with Crippen LogP contribution in [0.25, 0.3) is 5.00 Å². The number of aromatic nitrogens is 1. The molecule has 0 saturated carbocycles. The van der Waals surface area contributed by atoms with Crippen LogP contribution >= 0.6 is 11.3 Å². The number of fused-ring (bicyclic) bond motifs is 5. The Kier molecular flexibility index (Phi) is 6.05. The molecule has 1 atom stereocenters. The minimum Gasteiger partial charge on any atom is -0.494 e. The summed E-state index contributed by atoms with van der Waals surface area (Å²) in [6.07, 6.45) is 6.86. The molecule has 2 amide bonds. The average Bonchev–Trinajstić information content (AvgIpc) is 3.48. The maximum Gasteiger partial charge on any atom is 0.322 e. The summed E-state index contributed by atoms with van der Waals surface area (Å²) < 4.78 is 7.90. The zero-order chi connectivity index (χ0) is 24.6. The number of anilines is 1. The number of aryl methyl sites for hydroxylation is 2. The normalized spacial score (nSPS) is 16.5. The van der Waals surface area contributed by atoms with Gasteiger partial charge in [0.15, 0.2) is 0 Å². The van der Waals surface area contributed by atoms with Crippen LogP contribution in [0.5, 0.6) is 5.75 Å². The molecule has 6 heteroatoms. The lowest BCUT2D eigenvalue weighted by Crippen LogP contribution is -2.38. The number of carbonyl (C=O) groups is 1. The van der Waals surface area contributed by atoms with E-state index < -0.39 is 0 Å². The van der Waals surface area contributed by atoms with Crippen molar-refractivity contribution in [3.63, 3.8) is 0 Å². The fourth-order valence-electron chi connectivity index (χ4n) is 5.48. The first kappa shape index (κ1) is 22.9. The van der Waals surface area contributed by atoms with Crippen molar-refractivity contribution in [3.8, 4) is 10.8 Å². The Morgan fingerprint density at radius 3 is 2.58 bits per heavy atom. The lowest BCUT2D eigenvalue weighted by atomic mass is 9.95. The molecule has 36 heavy (non-hydrogen) atoms. The highest BCUT2D eigenvalue weighted by atomic mass is 32.1. The number of benzene rings is 2. The molecule has 3 heterocycles. The van der Waals surface area contributed by atoms with Crippen LogP contribution in [-0.2, 0) is 19.4 Å². The van der Waals surface area contributed by atoms with Gasteiger partial charge in [-0.05, 0) is 87.1 Å². The number of nitrogens with one attached hydrogen (secondary N) is 1. The number of ether oxygens (including phenoxy) is 1. The lowest BCUT2D eigenvalue weighted by molar-refractivity contribution is 0.194. The van der Waals surface area contributed by atoms with Gasteiger partial charge in [-0.15, -0.1) is 11.3 Å². The van der Waals surface area contributed by atoms with E-state index >= 15 is 0 Å². The van der Waals surface area contributed by atoms with E-state index in [9.17, 15) is 4.79 Å². The van der Waals surface area contributed by atoms with Crippen molar-refractivity contribution in [1.82, 2.24) is 9.47 Å². The molecule has 1 aliphatic carbocycles. The third-order valence-electron chi connectivity index (χ3n) is 7.25. The number of nitrogens with zero attached hydrogens (tertiary/aromatic N) is 2. The molecule has 184 valence electrons. The lowest BCUT2D eigenvalue weighted by Gasteiger charge is -2.31. The molecule has 2 aromatic carbocycles. The van der Waals surface area contributed by atoms with E-state index in [1.54, 1.807) is 0 Å². The van der Waals surface area contributed by atoms with Crippen molar-refractivity contribution >= 4 is 23.1 Å². The van der Waals surface area contributed by atoms with Gasteiger partial charge in [-0.1, -0.05) is 29.8 Å². The number of hydrogen-bond donors (Lipinski definition) is 1. The molecular formula is C30H31N3O2S. The third kappa shape index (κ3) is 4.09. The molecule has 2 aromatic heterocycles. The van der Waals surface area contributed by atoms with Gasteiger partial charge in [0.05, 0.1) is 24.9 Å². The summed E-state index contributed by atoms with van der Waals surface area (Å²) >= 11 is 1.91. The highest BCUT2D eigenvalue weighted by Gasteiger charge is 2.36. The van der Waals surface area contributed by atoms with E-state index in [-0.39, 0.29) is 12.1 Å². The van der Waals surface area contributed by atoms with Gasteiger partial charge in [-0.25, -0.2) is 4.79 Å². The Morgan fingerprint density at radius 2 is 1.81 bits per heavy atom. The van der Waals surface area contributed by atoms with Crippen LogP contribution in [0.2, 0.25) is 0 Å². The number of carbonyl (C=O) groups excluding carboxylic acids is 1. The minimum absolute atomic E-state index is 0.0962. The van der Waals surface area contributed by atoms with Crippen molar-refractivity contribution in [2.75, 3.05) is 11.9 Å². The summed E-state index contributed by atoms with van der Waals surface area (Å²) in [6, 6.07) is 20.2. The standard InChI is InChI=1S/C30H31N3O2S/c1-3-35-23-16-14-22(15-17-23)31-30(34)33-19-25-24-7-4-5-9-27(24)36-29(25)32-18-6-8-26(32)28(33)21-12-10-20(2)11-13-21/h6,8,10-18,28H,3-5,7,9,19H2,1-2H3,(H,31,34)/t28-/m0/s1. The zero-order valence-electron chi connectivity index (χ0n) is 20.8. The summed E-state index contributed by atoms with van der Waals surface area (Å²) in [5, 5.41) is 4.45. The summed E-state index contributed by atoms with van der Waals surface area (Å²) in [4.78, 5) is 17.5. The Balaban J connectivity index is 1.43. The molecule has 0 fully saturated rings. The number of hydrogen-bond acceptors (Lipinski definition) is 3. The van der Waals surface area contributed by atoms with Gasteiger partial charge in [0.25, 0.3) is 0 Å². The molecular weight excluding hydrogens is 466 g/mol. The van der Waals surface area contributed by atoms with Crippen molar-refractivity contribution in [2.45, 2.75) is 52.1 Å². The molecule has 4 aromatic rings. The third-order valence-corrected chi connectivity index (χ3v) is 8.58. The van der Waals surface area contributed by atoms with Gasteiger partial charge in [-0.2, -0.15) is 0 Å². The molecule has 0 saturated heterocycles. The molecule has 0 radical (unpaired) electrons. The van der Waals surface area contributed by atoms with Gasteiger partial charge in [-0.3, -0.25) is 0 Å². The van der Waals surface area contributed by atoms with Crippen LogP contribution in [0.15, 0.2) is 66.9 Å². The van der Waals surface area contributed by atoms with E-state index in [1.807, 2.05) is 47.4 Å². The molecule has 0 unspecified atom stereocenters. The van der Waals surface area contributed by atoms with Gasteiger partial charge >= 0.3 is 6.03 Å². The second-order valence-corrected chi connectivity index (χ2v) is 10.7. The fourth-order valence-corrected chi connectivity index (χ4v) is 6.89. The van der Waals surface area contributed by atoms with Crippen molar-refractivity contribution in [1.29, 1.82) is 0 Å². The van der Waals surface area contributed by atoms with Gasteiger partial charge in [0.1, 0.15) is 10.8 Å². The van der Waals surface area contributed by atoms with E-state index in [0.717, 1.165) is 35.5 Å². The molecule has 2 aliphatic rings. The SMILES string of the molecule is CCOc1ccc(NC(=O)N2Cc3c(sc4c3CCCC4)-n3cccc3[C@@H]2c2ccc(C)cc2)cc1. The van der Waals surface area contributed by atoms with Gasteiger partial charge in [0, 0.05) is 22.3 Å². The van der Waals surface area contributed by atoms with E-state index in [2.05, 4.69) is 59.4 Å². The Bertz CT molecular complexity index is 1380. The zero-order valence-corrected chi connectivity index (χ0v) is 21.6. The first-order chi connectivity index (χ1) is 17.6. The second kappa shape index (κ2) is 9.51. The Labute approximate surface area is 216 Å². The molecule has 0 spiro atoms. The van der Waals surface area contributed by atoms with Crippen LogP contribution in [0.3, 0.4) is 0 Å². The number of urea groups is 1. The molecule has 6 rings (SSSR count). The van der Waals surface area contributed by atoms with Crippen molar-refractivity contribution in [3.05, 3.63) is 99.7 Å². The Hall–Kier alpha value is -3.51. The van der Waals surface area contributed by atoms with Crippen LogP contribution in [0.1, 0.15) is 58.6 Å². The monoisotopic (exact) mass is 497 g/mol. The molecule has 5 nitrogen and oxygen atoms in total. The van der Waals surface area contributed by atoms with Crippen LogP contribution < -0.4 is 10.1 Å². The van der Waals surface area contributed by atoms with Gasteiger partial charge < -0.3 is 19.5 Å². The van der Waals surface area contributed by atoms with Crippen molar-refractivity contribution < 1.29 is 9.53 Å². The summed E-state index contributed by atoms with van der Waals surface area (Å²) in [7, 11) is 0. The molecule has 1 N–H and O–H groups in total. The van der Waals surface area contributed by atoms with Crippen LogP contribution in [0, 0.1) is 6.92 Å². The quantitative estimate of drug-likeness (QED) is 0.322. The predicted molar refractivity (Wildman–Crippen MR) is 145 cm³/mol. The first-order valence-electron chi connectivity index (χ1n) is 12.8. The largest absolute Gasteiger partial charge is 0.494 e. The van der Waals surface area contributed by atoms with Crippen molar-refractivity contribution in [2.24, 2.45) is 0 Å². The van der Waals surface area contributed by atoms with E-state index in [4.69, 9.17) is 4.74 Å². The smallest absolute Gasteiger partial charge is 0.322 e. The highest BCUT2D eigenvalue weighted by Crippen LogP contribution is 2.44. The maximum absolute atomic E-state index is 14.0. The second-order valence-electron chi connectivity index (χ2n) is 9.63. The maximum atomic E-state index is 14.0. The fraction of sp³-hybridized carbons (Fsp3) is 0.300. The average molecular weight is 498 g/mol. The topological polar surface area (TPSA) is 46.5 Å². The van der Waals surface area contributed by atoms with E-state index in [0.29, 0.717) is 13.2 Å². The summed E-state index contributed by atoms with van der Waals surface area (Å²) in [5.41, 5.74) is 6.98. The van der Waals surface area contributed by atoms with Crippen LogP contribution in [-0.4, -0.2) is 22.1 Å². The predicted octanol–water partition coefficient (Wildman–Crippen LogP) is 7.26. The van der Waals surface area contributed by atoms with Crippen LogP contribution in [0.4, 0.5) is 10.5 Å². The molecule has 1 aliphatic heterocycles. The van der Waals surface area contributed by atoms with Gasteiger partial charge in [0.2, 0.25) is 0 Å². The minimum atomic E-state index is -0.192.